The monoisotopic (exact) mass is 650 g/mol. The van der Waals surface area contributed by atoms with Gasteiger partial charge in [-0.3, -0.25) is 14.1 Å². The Labute approximate surface area is 265 Å². The van der Waals surface area contributed by atoms with Crippen LogP contribution >= 0.6 is 0 Å². The van der Waals surface area contributed by atoms with Gasteiger partial charge in [-0.1, -0.05) is 6.07 Å². The third-order valence-corrected chi connectivity index (χ3v) is 7.53. The Morgan fingerprint density at radius 2 is 1.62 bits per heavy atom. The van der Waals surface area contributed by atoms with Crippen LogP contribution in [0.15, 0.2) is 77.9 Å². The molecule has 3 aromatic heterocycles. The highest BCUT2D eigenvalue weighted by molar-refractivity contribution is 6.04. The molecule has 4 heterocycles. The minimum absolute atomic E-state index is 0.113. The molecule has 1 aliphatic heterocycles. The number of aryl methyl sites for hydroxylation is 1. The molecule has 47 heavy (non-hydrogen) atoms. The van der Waals surface area contributed by atoms with Crippen molar-refractivity contribution in [2.24, 2.45) is 7.05 Å². The molecular formula is C32H29F3N6O6. The van der Waals surface area contributed by atoms with Gasteiger partial charge in [0, 0.05) is 74.3 Å². The van der Waals surface area contributed by atoms with E-state index in [1.807, 2.05) is 24.3 Å². The number of carbonyl (C=O) groups is 2. The first-order chi connectivity index (χ1) is 22.4. The van der Waals surface area contributed by atoms with Crippen molar-refractivity contribution < 1.29 is 37.7 Å². The topological polar surface area (TPSA) is 152 Å². The molecule has 15 heteroatoms. The van der Waals surface area contributed by atoms with Crippen molar-refractivity contribution in [3.05, 3.63) is 89.1 Å². The number of nitrogens with one attached hydrogen (secondary N) is 1. The number of rotatable bonds is 6. The third kappa shape index (κ3) is 6.94. The Balaban J connectivity index is 0.000000483. The zero-order valence-electron chi connectivity index (χ0n) is 25.2. The molecule has 6 rings (SSSR count). The standard InChI is InChI=1S/C28H25F3N6O2.C4H4O4/c1-35-24-16-33-22-6-3-17(18-4-8-25(39-2)34-15-18)13-20(22)26(24)37(27(35)38)19-5-7-23(21(14-19)28(29,30)31)36-11-9-32-10-12-36;5-3(6)1-2-4(7)8/h3-8,13-16,32H,9-12H2,1-2H3;1-2H,(H,5,6)(H,7,8)/b;2-1-. The first-order valence-electron chi connectivity index (χ1n) is 14.2. The molecule has 0 radical (unpaired) electrons. The molecule has 1 aliphatic rings. The molecule has 0 saturated carbocycles. The fourth-order valence-corrected chi connectivity index (χ4v) is 5.30. The average Bonchev–Trinajstić information content (AvgIpc) is 3.33. The number of aromatic nitrogens is 4. The molecule has 2 aromatic carbocycles. The number of benzene rings is 2. The van der Waals surface area contributed by atoms with Crippen molar-refractivity contribution in [3.8, 4) is 22.7 Å². The maximum Gasteiger partial charge on any atom is 0.418 e. The lowest BCUT2D eigenvalue weighted by Crippen LogP contribution is -2.44. The first kappa shape index (κ1) is 32.7. The van der Waals surface area contributed by atoms with Gasteiger partial charge in [-0.2, -0.15) is 13.2 Å². The largest absolute Gasteiger partial charge is 0.481 e. The highest BCUT2D eigenvalue weighted by atomic mass is 19.4. The molecule has 3 N–H and O–H groups in total. The van der Waals surface area contributed by atoms with E-state index in [-0.39, 0.29) is 11.4 Å². The Kier molecular flexibility index (Phi) is 9.28. The predicted octanol–water partition coefficient (Wildman–Crippen LogP) is 4.09. The summed E-state index contributed by atoms with van der Waals surface area (Å²) in [6.45, 7) is 2.14. The SMILES string of the molecule is COc1ccc(-c2ccc3ncc4c(c3c2)n(-c2ccc(N3CCNCC3)c(C(F)(F)F)c2)c(=O)n4C)cn1.O=C(O)/C=C\C(=O)O. The summed E-state index contributed by atoms with van der Waals surface area (Å²) in [6.07, 6.45) is -0.229. The fourth-order valence-electron chi connectivity index (χ4n) is 5.30. The second-order valence-electron chi connectivity index (χ2n) is 10.4. The number of hydrogen-bond donors (Lipinski definition) is 3. The molecule has 0 atom stereocenters. The average molecular weight is 651 g/mol. The lowest BCUT2D eigenvalue weighted by Gasteiger charge is -2.31. The fraction of sp³-hybridized carbons (Fsp3) is 0.219. The van der Waals surface area contributed by atoms with E-state index in [1.54, 1.807) is 36.5 Å². The Morgan fingerprint density at radius 3 is 2.21 bits per heavy atom. The minimum Gasteiger partial charge on any atom is -0.481 e. The van der Waals surface area contributed by atoms with Crippen molar-refractivity contribution in [2.75, 3.05) is 38.2 Å². The highest BCUT2D eigenvalue weighted by Gasteiger charge is 2.36. The van der Waals surface area contributed by atoms with Crippen molar-refractivity contribution in [1.82, 2.24) is 24.4 Å². The highest BCUT2D eigenvalue weighted by Crippen LogP contribution is 2.39. The summed E-state index contributed by atoms with van der Waals surface area (Å²) >= 11 is 0. The van der Waals surface area contributed by atoms with E-state index < -0.39 is 29.4 Å². The number of methoxy groups -OCH3 is 1. The van der Waals surface area contributed by atoms with Crippen LogP contribution in [-0.4, -0.2) is 74.5 Å². The number of carboxylic acid groups (broad SMARTS) is 2. The number of ether oxygens (including phenoxy) is 1. The van der Waals surface area contributed by atoms with Gasteiger partial charge in [0.2, 0.25) is 5.88 Å². The number of fused-ring (bicyclic) bond motifs is 3. The van der Waals surface area contributed by atoms with E-state index in [0.717, 1.165) is 17.2 Å². The summed E-state index contributed by atoms with van der Waals surface area (Å²) < 4.78 is 50.8. The Bertz CT molecular complexity index is 2030. The smallest absolute Gasteiger partial charge is 0.418 e. The molecule has 0 amide bonds. The van der Waals surface area contributed by atoms with E-state index in [4.69, 9.17) is 14.9 Å². The molecule has 0 spiro atoms. The van der Waals surface area contributed by atoms with E-state index in [0.29, 0.717) is 66.1 Å². The van der Waals surface area contributed by atoms with Gasteiger partial charge in [0.05, 0.1) is 41.1 Å². The quantitative estimate of drug-likeness (QED) is 0.229. The molecule has 12 nitrogen and oxygen atoms in total. The summed E-state index contributed by atoms with van der Waals surface area (Å²) in [6, 6.07) is 13.3. The second-order valence-corrected chi connectivity index (χ2v) is 10.4. The zero-order chi connectivity index (χ0) is 33.9. The number of imidazole rings is 1. The van der Waals surface area contributed by atoms with E-state index >= 15 is 0 Å². The Morgan fingerprint density at radius 1 is 0.936 bits per heavy atom. The van der Waals surface area contributed by atoms with Crippen LogP contribution in [-0.2, 0) is 22.8 Å². The second kappa shape index (κ2) is 13.3. The number of carboxylic acids is 2. The number of anilines is 1. The van der Waals surface area contributed by atoms with Crippen LogP contribution in [0, 0.1) is 0 Å². The number of alkyl halides is 3. The molecular weight excluding hydrogens is 621 g/mol. The summed E-state index contributed by atoms with van der Waals surface area (Å²) in [7, 11) is 3.13. The van der Waals surface area contributed by atoms with Gasteiger partial charge >= 0.3 is 23.8 Å². The zero-order valence-corrected chi connectivity index (χ0v) is 25.2. The number of aliphatic carboxylic acids is 2. The summed E-state index contributed by atoms with van der Waals surface area (Å²) in [5, 5.41) is 19.4. The maximum atomic E-state index is 14.3. The summed E-state index contributed by atoms with van der Waals surface area (Å²) in [5.41, 5.74) is 2.27. The van der Waals surface area contributed by atoms with Crippen LogP contribution in [0.1, 0.15) is 5.56 Å². The van der Waals surface area contributed by atoms with E-state index in [2.05, 4.69) is 15.3 Å². The van der Waals surface area contributed by atoms with Crippen LogP contribution in [0.3, 0.4) is 0 Å². The third-order valence-electron chi connectivity index (χ3n) is 7.53. The number of pyridine rings is 2. The molecule has 1 fully saturated rings. The Hall–Kier alpha value is -5.70. The van der Waals surface area contributed by atoms with Crippen LogP contribution in [0.4, 0.5) is 18.9 Å². The van der Waals surface area contributed by atoms with Crippen LogP contribution in [0.2, 0.25) is 0 Å². The number of piperazine rings is 1. The lowest BCUT2D eigenvalue weighted by molar-refractivity contribution is -0.137. The van der Waals surface area contributed by atoms with Gasteiger partial charge in [0.25, 0.3) is 0 Å². The molecule has 0 unspecified atom stereocenters. The van der Waals surface area contributed by atoms with Crippen molar-refractivity contribution >= 4 is 39.6 Å². The molecule has 244 valence electrons. The first-order valence-corrected chi connectivity index (χ1v) is 14.2. The maximum absolute atomic E-state index is 14.3. The number of nitrogens with zero attached hydrogens (tertiary/aromatic N) is 5. The molecule has 5 aromatic rings. The van der Waals surface area contributed by atoms with Gasteiger partial charge in [0.15, 0.2) is 0 Å². The summed E-state index contributed by atoms with van der Waals surface area (Å²) in [4.78, 5) is 43.1. The minimum atomic E-state index is -4.59. The predicted molar refractivity (Wildman–Crippen MR) is 168 cm³/mol. The van der Waals surface area contributed by atoms with Gasteiger partial charge in [0.1, 0.15) is 0 Å². The van der Waals surface area contributed by atoms with Crippen LogP contribution in [0.25, 0.3) is 38.8 Å². The van der Waals surface area contributed by atoms with Gasteiger partial charge in [-0.15, -0.1) is 0 Å². The van der Waals surface area contributed by atoms with Crippen LogP contribution < -0.4 is 20.6 Å². The van der Waals surface area contributed by atoms with Crippen molar-refractivity contribution in [2.45, 2.75) is 6.18 Å². The molecule has 1 saturated heterocycles. The van der Waals surface area contributed by atoms with Crippen molar-refractivity contribution in [1.29, 1.82) is 0 Å². The molecule has 0 aliphatic carbocycles. The lowest BCUT2D eigenvalue weighted by atomic mass is 10.0. The van der Waals surface area contributed by atoms with Crippen molar-refractivity contribution in [3.63, 3.8) is 0 Å². The molecule has 0 bridgehead atoms. The van der Waals surface area contributed by atoms with Gasteiger partial charge in [-0.05, 0) is 42.0 Å². The van der Waals surface area contributed by atoms with Crippen LogP contribution in [0.5, 0.6) is 5.88 Å². The summed E-state index contributed by atoms with van der Waals surface area (Å²) in [5.74, 6) is -2.04. The van der Waals surface area contributed by atoms with E-state index in [9.17, 15) is 27.6 Å². The number of halogens is 3. The van der Waals surface area contributed by atoms with Gasteiger partial charge < -0.3 is 25.2 Å². The number of hydrogen-bond acceptors (Lipinski definition) is 8. The normalized spacial score (nSPS) is 13.5. The van der Waals surface area contributed by atoms with E-state index in [1.165, 1.54) is 22.3 Å². The van der Waals surface area contributed by atoms with Gasteiger partial charge in [-0.25, -0.2) is 19.4 Å².